The van der Waals surface area contributed by atoms with E-state index in [4.69, 9.17) is 0 Å². The number of benzene rings is 1. The number of hydrogen-bond donors (Lipinski definition) is 1. The predicted molar refractivity (Wildman–Crippen MR) is 69.8 cm³/mol. The number of carbonyl (C=O) groups is 2. The highest BCUT2D eigenvalue weighted by atomic mass is 16.2. The molecule has 1 aliphatic heterocycles. The average Bonchev–Trinajstić information content (AvgIpc) is 2.34. The van der Waals surface area contributed by atoms with Gasteiger partial charge in [-0.1, -0.05) is 36.9 Å². The van der Waals surface area contributed by atoms with Gasteiger partial charge in [0.05, 0.1) is 0 Å². The van der Waals surface area contributed by atoms with Crippen LogP contribution in [0.2, 0.25) is 0 Å². The molecule has 18 heavy (non-hydrogen) atoms. The molecule has 0 bridgehead atoms. The van der Waals surface area contributed by atoms with Crippen LogP contribution in [0.1, 0.15) is 25.3 Å². The van der Waals surface area contributed by atoms with Gasteiger partial charge in [0.1, 0.15) is 0 Å². The maximum Gasteiger partial charge on any atom is 0.251 e. The van der Waals surface area contributed by atoms with Crippen molar-refractivity contribution in [3.63, 3.8) is 0 Å². The fraction of sp³-hybridized carbons (Fsp3) is 0.200. The Labute approximate surface area is 106 Å². The molecule has 1 unspecified atom stereocenters. The Morgan fingerprint density at radius 1 is 1.28 bits per heavy atom. The lowest BCUT2D eigenvalue weighted by atomic mass is 9.80. The third-order valence-corrected chi connectivity index (χ3v) is 3.15. The second kappa shape index (κ2) is 4.61. The number of rotatable bonds is 2. The van der Waals surface area contributed by atoms with Crippen molar-refractivity contribution >= 4 is 11.7 Å². The van der Waals surface area contributed by atoms with E-state index in [2.05, 4.69) is 11.9 Å². The topological polar surface area (TPSA) is 46.2 Å². The summed E-state index contributed by atoms with van der Waals surface area (Å²) in [6, 6.07) is 9.50. The Kier molecular flexibility index (Phi) is 3.15. The molecule has 92 valence electrons. The highest BCUT2D eigenvalue weighted by molar-refractivity contribution is 6.05. The van der Waals surface area contributed by atoms with Gasteiger partial charge in [-0.05, 0) is 19.4 Å². The molecule has 1 N–H and O–H groups in total. The number of amides is 1. The van der Waals surface area contributed by atoms with Crippen molar-refractivity contribution in [3.05, 3.63) is 59.3 Å². The van der Waals surface area contributed by atoms with Crippen LogP contribution in [0.25, 0.3) is 0 Å². The molecular formula is C15H15NO2. The molecule has 3 heteroatoms. The van der Waals surface area contributed by atoms with Crippen LogP contribution in [0.15, 0.2) is 53.8 Å². The first-order valence-electron chi connectivity index (χ1n) is 5.79. The predicted octanol–water partition coefficient (Wildman–Crippen LogP) is 2.32. The lowest BCUT2D eigenvalue weighted by Crippen LogP contribution is -2.35. The molecule has 2 rings (SSSR count). The molecule has 0 aromatic heterocycles. The third-order valence-electron chi connectivity index (χ3n) is 3.15. The minimum absolute atomic E-state index is 0.0393. The van der Waals surface area contributed by atoms with Gasteiger partial charge in [0.2, 0.25) is 0 Å². The van der Waals surface area contributed by atoms with E-state index in [9.17, 15) is 9.59 Å². The zero-order valence-corrected chi connectivity index (χ0v) is 10.5. The summed E-state index contributed by atoms with van der Waals surface area (Å²) in [5.41, 5.74) is 2.57. The minimum atomic E-state index is -0.336. The van der Waals surface area contributed by atoms with E-state index >= 15 is 0 Å². The van der Waals surface area contributed by atoms with E-state index in [1.807, 2.05) is 30.3 Å². The molecule has 0 aliphatic carbocycles. The van der Waals surface area contributed by atoms with Crippen molar-refractivity contribution in [3.8, 4) is 0 Å². The maximum absolute atomic E-state index is 11.8. The maximum atomic E-state index is 11.8. The monoisotopic (exact) mass is 241 g/mol. The van der Waals surface area contributed by atoms with Crippen LogP contribution in [0.4, 0.5) is 0 Å². The summed E-state index contributed by atoms with van der Waals surface area (Å²) < 4.78 is 0. The zero-order chi connectivity index (χ0) is 13.3. The molecule has 1 aromatic carbocycles. The number of carbonyl (C=O) groups excluding carboxylic acids is 2. The van der Waals surface area contributed by atoms with Gasteiger partial charge < -0.3 is 5.32 Å². The molecule has 1 atom stereocenters. The Balaban J connectivity index is 2.60. The summed E-state index contributed by atoms with van der Waals surface area (Å²) in [7, 11) is 0. The number of Topliss-reactive ketones (excluding diaryl/α,β-unsaturated/α-hetero) is 1. The second-order valence-electron chi connectivity index (χ2n) is 4.42. The molecule has 3 nitrogen and oxygen atoms in total. The number of nitrogens with one attached hydrogen (secondary N) is 1. The number of ketones is 1. The summed E-state index contributed by atoms with van der Waals surface area (Å²) in [5.74, 6) is -0.591. The van der Waals surface area contributed by atoms with Crippen LogP contribution in [0.3, 0.4) is 0 Å². The van der Waals surface area contributed by atoms with E-state index in [-0.39, 0.29) is 17.6 Å². The standard InChI is InChI=1S/C15H15NO2/c1-9-13(12-7-5-4-6-8-12)14(11(3)17)10(2)16-15(9)18/h4-8,13H,1H2,2-3H3,(H,16,18). The van der Waals surface area contributed by atoms with Gasteiger partial charge in [-0.25, -0.2) is 0 Å². The molecule has 1 amide bonds. The molecule has 0 saturated heterocycles. The van der Waals surface area contributed by atoms with Crippen molar-refractivity contribution in [2.45, 2.75) is 19.8 Å². The summed E-state index contributed by atoms with van der Waals surface area (Å²) in [4.78, 5) is 23.6. The van der Waals surface area contributed by atoms with Crippen LogP contribution in [-0.2, 0) is 9.59 Å². The van der Waals surface area contributed by atoms with E-state index in [0.717, 1.165) is 5.56 Å². The zero-order valence-electron chi connectivity index (χ0n) is 10.5. The second-order valence-corrected chi connectivity index (χ2v) is 4.42. The van der Waals surface area contributed by atoms with E-state index in [1.54, 1.807) is 6.92 Å². The molecule has 0 saturated carbocycles. The normalized spacial score (nSPS) is 19.8. The average molecular weight is 241 g/mol. The first kappa shape index (κ1) is 12.3. The molecule has 0 radical (unpaired) electrons. The number of hydrogen-bond acceptors (Lipinski definition) is 2. The summed E-state index contributed by atoms with van der Waals surface area (Å²) in [6.45, 7) is 7.08. The lowest BCUT2D eigenvalue weighted by molar-refractivity contribution is -0.117. The lowest BCUT2D eigenvalue weighted by Gasteiger charge is -2.28. The van der Waals surface area contributed by atoms with Gasteiger partial charge in [0.15, 0.2) is 5.78 Å². The van der Waals surface area contributed by atoms with Gasteiger partial charge in [-0.2, -0.15) is 0 Å². The highest BCUT2D eigenvalue weighted by Gasteiger charge is 2.32. The van der Waals surface area contributed by atoms with Crippen molar-refractivity contribution in [2.24, 2.45) is 0 Å². The largest absolute Gasteiger partial charge is 0.326 e. The SMILES string of the molecule is C=C1C(=O)NC(C)=C(C(C)=O)C1c1ccccc1. The number of allylic oxidation sites excluding steroid dienone is 2. The summed E-state index contributed by atoms with van der Waals surface area (Å²) in [5, 5.41) is 2.68. The highest BCUT2D eigenvalue weighted by Crippen LogP contribution is 2.35. The van der Waals surface area contributed by atoms with Gasteiger partial charge in [-0.15, -0.1) is 0 Å². The Hall–Kier alpha value is -2.16. The first-order valence-corrected chi connectivity index (χ1v) is 5.79. The summed E-state index contributed by atoms with van der Waals surface area (Å²) in [6.07, 6.45) is 0. The van der Waals surface area contributed by atoms with Gasteiger partial charge >= 0.3 is 0 Å². The fourth-order valence-corrected chi connectivity index (χ4v) is 2.32. The molecule has 0 fully saturated rings. The smallest absolute Gasteiger partial charge is 0.251 e. The first-order chi connectivity index (χ1) is 8.52. The molecule has 1 aliphatic rings. The Morgan fingerprint density at radius 2 is 1.89 bits per heavy atom. The Bertz CT molecular complexity index is 555. The molecular weight excluding hydrogens is 226 g/mol. The summed E-state index contributed by atoms with van der Waals surface area (Å²) >= 11 is 0. The quantitative estimate of drug-likeness (QED) is 0.808. The minimum Gasteiger partial charge on any atom is -0.326 e. The van der Waals surface area contributed by atoms with Crippen LogP contribution in [0.5, 0.6) is 0 Å². The van der Waals surface area contributed by atoms with Crippen molar-refractivity contribution in [2.75, 3.05) is 0 Å². The Morgan fingerprint density at radius 3 is 2.44 bits per heavy atom. The van der Waals surface area contributed by atoms with Gasteiger partial charge in [0.25, 0.3) is 5.91 Å². The van der Waals surface area contributed by atoms with Crippen molar-refractivity contribution < 1.29 is 9.59 Å². The molecule has 1 heterocycles. The third kappa shape index (κ3) is 1.99. The van der Waals surface area contributed by atoms with Crippen molar-refractivity contribution in [1.82, 2.24) is 5.32 Å². The van der Waals surface area contributed by atoms with Crippen LogP contribution in [-0.4, -0.2) is 11.7 Å². The van der Waals surface area contributed by atoms with Crippen LogP contribution >= 0.6 is 0 Å². The van der Waals surface area contributed by atoms with E-state index in [1.165, 1.54) is 6.92 Å². The van der Waals surface area contributed by atoms with Gasteiger partial charge in [0, 0.05) is 22.8 Å². The molecule has 1 aromatic rings. The van der Waals surface area contributed by atoms with Crippen LogP contribution in [0, 0.1) is 0 Å². The fourth-order valence-electron chi connectivity index (χ4n) is 2.32. The van der Waals surface area contributed by atoms with E-state index < -0.39 is 0 Å². The molecule has 0 spiro atoms. The van der Waals surface area contributed by atoms with Gasteiger partial charge in [-0.3, -0.25) is 9.59 Å². The van der Waals surface area contributed by atoms with Crippen LogP contribution < -0.4 is 5.32 Å². The van der Waals surface area contributed by atoms with Crippen molar-refractivity contribution in [1.29, 1.82) is 0 Å². The van der Waals surface area contributed by atoms with E-state index in [0.29, 0.717) is 16.8 Å².